The van der Waals surface area contributed by atoms with Crippen LogP contribution in [-0.2, 0) is 4.79 Å². The summed E-state index contributed by atoms with van der Waals surface area (Å²) in [7, 11) is 0. The molecule has 0 unspecified atom stereocenters. The van der Waals surface area contributed by atoms with Crippen LogP contribution in [0.4, 0.5) is 18.9 Å². The van der Waals surface area contributed by atoms with E-state index in [1.807, 2.05) is 12.0 Å². The molecule has 0 atom stereocenters. The van der Waals surface area contributed by atoms with E-state index in [9.17, 15) is 18.0 Å². The third kappa shape index (κ3) is 2.12. The van der Waals surface area contributed by atoms with Crippen LogP contribution in [0.3, 0.4) is 0 Å². The highest BCUT2D eigenvalue weighted by Crippen LogP contribution is 2.35. The monoisotopic (exact) mass is 328 g/mol. The fourth-order valence-electron chi connectivity index (χ4n) is 3.13. The maximum absolute atomic E-state index is 13.0. The molecule has 0 amide bonds. The highest BCUT2D eigenvalue weighted by atomic mass is 19.4. The zero-order valence-electron chi connectivity index (χ0n) is 12.3. The molecule has 0 radical (unpaired) electrons. The first-order valence-corrected chi connectivity index (χ1v) is 7.29. The van der Waals surface area contributed by atoms with Gasteiger partial charge in [0.1, 0.15) is 5.35 Å². The summed E-state index contributed by atoms with van der Waals surface area (Å²) >= 11 is 0. The molecule has 2 aromatic carbocycles. The molecule has 1 aliphatic heterocycles. The van der Waals surface area contributed by atoms with Crippen LogP contribution in [0, 0.1) is 0 Å². The van der Waals surface area contributed by atoms with Crippen molar-refractivity contribution in [3.63, 3.8) is 0 Å². The summed E-state index contributed by atoms with van der Waals surface area (Å²) in [5.41, 5.74) is 0.731. The Bertz CT molecular complexity index is 1090. The maximum atomic E-state index is 13.0. The first-order chi connectivity index (χ1) is 11.5. The van der Waals surface area contributed by atoms with Crippen LogP contribution in [0.1, 0.15) is 0 Å². The Labute approximate surface area is 134 Å². The topological polar surface area (TPSA) is 36.1 Å². The summed E-state index contributed by atoms with van der Waals surface area (Å²) in [4.78, 5) is 15.6. The summed E-state index contributed by atoms with van der Waals surface area (Å²) in [6, 6.07) is 8.94. The number of carbonyl (C=O) groups excluding carboxylic acids is 1. The molecule has 0 fully saturated rings. The van der Waals surface area contributed by atoms with Crippen LogP contribution in [0.25, 0.3) is 21.7 Å². The Balaban J connectivity index is 1.96. The largest absolute Gasteiger partial charge is 0.417 e. The predicted molar refractivity (Wildman–Crippen MR) is 86.4 cm³/mol. The average Bonchev–Trinajstić information content (AvgIpc) is 2.94. The number of H-pyrrole nitrogens is 1. The van der Waals surface area contributed by atoms with Crippen molar-refractivity contribution in [3.05, 3.63) is 59.6 Å². The van der Waals surface area contributed by atoms with E-state index in [0.717, 1.165) is 28.6 Å². The number of aromatic amines is 1. The molecule has 4 rings (SSSR count). The van der Waals surface area contributed by atoms with Gasteiger partial charge in [0.05, 0.1) is 5.57 Å². The van der Waals surface area contributed by atoms with Crippen molar-refractivity contribution in [2.75, 3.05) is 11.4 Å². The molecule has 120 valence electrons. The first kappa shape index (κ1) is 14.6. The quantitative estimate of drug-likeness (QED) is 0.743. The van der Waals surface area contributed by atoms with Crippen LogP contribution in [-0.4, -0.2) is 23.6 Å². The SMILES string of the molecule is O=C=c1[nH]c2ccc(N3C=C(C(F)(F)F)C=CC3)c3cccc1c23. The maximum Gasteiger partial charge on any atom is 0.417 e. The zero-order chi connectivity index (χ0) is 16.9. The molecule has 6 heteroatoms. The van der Waals surface area contributed by atoms with Gasteiger partial charge in [-0.05, 0) is 12.1 Å². The van der Waals surface area contributed by atoms with Gasteiger partial charge in [-0.1, -0.05) is 30.4 Å². The molecular formula is C18H11F3N2O. The highest BCUT2D eigenvalue weighted by Gasteiger charge is 2.33. The highest BCUT2D eigenvalue weighted by molar-refractivity contribution is 6.14. The number of nitrogens with one attached hydrogen (secondary N) is 1. The molecule has 1 aromatic heterocycles. The lowest BCUT2D eigenvalue weighted by Gasteiger charge is -2.25. The van der Waals surface area contributed by atoms with Crippen molar-refractivity contribution < 1.29 is 18.0 Å². The molecule has 2 heterocycles. The van der Waals surface area contributed by atoms with Crippen LogP contribution in [0.5, 0.6) is 0 Å². The minimum absolute atomic E-state index is 0.345. The van der Waals surface area contributed by atoms with Gasteiger partial charge < -0.3 is 9.88 Å². The van der Waals surface area contributed by atoms with Gasteiger partial charge in [0, 0.05) is 40.1 Å². The second kappa shape index (κ2) is 5.01. The number of hydrogen-bond acceptors (Lipinski definition) is 2. The van der Waals surface area contributed by atoms with E-state index in [1.54, 1.807) is 29.2 Å². The molecule has 0 aliphatic carbocycles. The molecule has 0 saturated heterocycles. The number of benzene rings is 2. The van der Waals surface area contributed by atoms with E-state index < -0.39 is 11.7 Å². The van der Waals surface area contributed by atoms with E-state index >= 15 is 0 Å². The molecule has 0 bridgehead atoms. The Morgan fingerprint density at radius 2 is 1.92 bits per heavy atom. The molecule has 24 heavy (non-hydrogen) atoms. The predicted octanol–water partition coefficient (Wildman–Crippen LogP) is 3.37. The molecule has 3 aromatic rings. The normalized spacial score (nSPS) is 15.1. The number of rotatable bonds is 1. The number of halogens is 3. The Morgan fingerprint density at radius 1 is 1.12 bits per heavy atom. The van der Waals surface area contributed by atoms with Crippen molar-refractivity contribution in [1.29, 1.82) is 0 Å². The number of aromatic nitrogens is 1. The van der Waals surface area contributed by atoms with E-state index in [-0.39, 0.29) is 0 Å². The van der Waals surface area contributed by atoms with Crippen molar-refractivity contribution in [1.82, 2.24) is 4.98 Å². The van der Waals surface area contributed by atoms with Gasteiger partial charge in [-0.3, -0.25) is 0 Å². The van der Waals surface area contributed by atoms with Crippen molar-refractivity contribution in [2.45, 2.75) is 6.18 Å². The second-order valence-electron chi connectivity index (χ2n) is 5.60. The van der Waals surface area contributed by atoms with E-state index in [2.05, 4.69) is 4.98 Å². The summed E-state index contributed by atoms with van der Waals surface area (Å²) in [5, 5.41) is 2.67. The number of anilines is 1. The number of nitrogens with zero attached hydrogens (tertiary/aromatic N) is 1. The van der Waals surface area contributed by atoms with Crippen molar-refractivity contribution in [2.24, 2.45) is 0 Å². The van der Waals surface area contributed by atoms with E-state index in [0.29, 0.717) is 23.0 Å². The molecule has 0 spiro atoms. The van der Waals surface area contributed by atoms with Crippen LogP contribution in [0.15, 0.2) is 54.3 Å². The summed E-state index contributed by atoms with van der Waals surface area (Å²) < 4.78 is 38.9. The first-order valence-electron chi connectivity index (χ1n) is 7.29. The zero-order valence-corrected chi connectivity index (χ0v) is 12.3. The Morgan fingerprint density at radius 3 is 2.67 bits per heavy atom. The molecule has 3 nitrogen and oxygen atoms in total. The Hall–Kier alpha value is -2.98. The fraction of sp³-hybridized carbons (Fsp3) is 0.111. The van der Waals surface area contributed by atoms with E-state index in [4.69, 9.17) is 0 Å². The summed E-state index contributed by atoms with van der Waals surface area (Å²) in [5.74, 6) is 1.87. The molecule has 0 saturated carbocycles. The molecule has 1 aliphatic rings. The molecule has 1 N–H and O–H groups in total. The minimum atomic E-state index is -4.39. The lowest BCUT2D eigenvalue weighted by molar-refractivity contribution is -0.0885. The van der Waals surface area contributed by atoms with Gasteiger partial charge in [0.25, 0.3) is 0 Å². The number of allylic oxidation sites excluding steroid dienone is 2. The number of hydrogen-bond donors (Lipinski definition) is 1. The van der Waals surface area contributed by atoms with Gasteiger partial charge in [-0.25, -0.2) is 4.79 Å². The van der Waals surface area contributed by atoms with Crippen LogP contribution < -0.4 is 10.2 Å². The van der Waals surface area contributed by atoms with Crippen molar-refractivity contribution >= 4 is 33.3 Å². The van der Waals surface area contributed by atoms with Gasteiger partial charge in [0.15, 0.2) is 5.94 Å². The van der Waals surface area contributed by atoms with Gasteiger partial charge in [-0.2, -0.15) is 13.2 Å². The third-order valence-electron chi connectivity index (χ3n) is 4.18. The fourth-order valence-corrected chi connectivity index (χ4v) is 3.13. The summed E-state index contributed by atoms with van der Waals surface area (Å²) in [6.07, 6.45) is -0.700. The van der Waals surface area contributed by atoms with E-state index in [1.165, 1.54) is 6.08 Å². The second-order valence-corrected chi connectivity index (χ2v) is 5.60. The number of alkyl halides is 3. The van der Waals surface area contributed by atoms with Gasteiger partial charge >= 0.3 is 6.18 Å². The third-order valence-corrected chi connectivity index (χ3v) is 4.18. The standard InChI is InChI=1S/C18H11F3N2O/c19-18(20,21)11-3-2-8-23(9-11)16-7-6-14-17-12(15(10-24)22-14)4-1-5-13(16)17/h1-7,9,22H,8H2. The lowest BCUT2D eigenvalue weighted by Crippen LogP contribution is -2.24. The molecular weight excluding hydrogens is 317 g/mol. The van der Waals surface area contributed by atoms with Gasteiger partial charge in [0.2, 0.25) is 0 Å². The lowest BCUT2D eigenvalue weighted by atomic mass is 10.0. The van der Waals surface area contributed by atoms with Crippen LogP contribution in [0.2, 0.25) is 0 Å². The smallest absolute Gasteiger partial charge is 0.345 e. The Kier molecular flexibility index (Phi) is 3.05. The van der Waals surface area contributed by atoms with Gasteiger partial charge in [-0.15, -0.1) is 0 Å². The summed E-state index contributed by atoms with van der Waals surface area (Å²) in [6.45, 7) is 0.349. The van der Waals surface area contributed by atoms with Crippen molar-refractivity contribution in [3.8, 4) is 0 Å². The van der Waals surface area contributed by atoms with Crippen LogP contribution >= 0.6 is 0 Å². The minimum Gasteiger partial charge on any atom is -0.345 e. The average molecular weight is 328 g/mol.